The molecule has 0 spiro atoms. The number of halogens is 1. The van der Waals surface area contributed by atoms with Gasteiger partial charge in [0.2, 0.25) is 0 Å². The van der Waals surface area contributed by atoms with E-state index in [1.54, 1.807) is 0 Å². The maximum absolute atomic E-state index is 8.59. The van der Waals surface area contributed by atoms with Crippen molar-refractivity contribution in [3.05, 3.63) is 34.9 Å². The molecule has 4 nitrogen and oxygen atoms in total. The van der Waals surface area contributed by atoms with Gasteiger partial charge in [-0.25, -0.2) is 0 Å². The topological polar surface area (TPSA) is 70.6 Å². The summed E-state index contributed by atoms with van der Waals surface area (Å²) in [5.41, 5.74) is 6.58. The maximum atomic E-state index is 8.59. The summed E-state index contributed by atoms with van der Waals surface area (Å²) in [5.74, 6) is 0.237. The molecule has 4 N–H and O–H groups in total. The van der Waals surface area contributed by atoms with Crippen LogP contribution in [0.15, 0.2) is 29.4 Å². The third kappa shape index (κ3) is 4.20. The first-order valence-corrected chi connectivity index (χ1v) is 6.43. The summed E-state index contributed by atoms with van der Waals surface area (Å²) in [5, 5.41) is 15.8. The Morgan fingerprint density at radius 3 is 2.72 bits per heavy atom. The Morgan fingerprint density at radius 1 is 1.50 bits per heavy atom. The van der Waals surface area contributed by atoms with Gasteiger partial charge in [0, 0.05) is 23.5 Å². The van der Waals surface area contributed by atoms with Crippen LogP contribution in [0.25, 0.3) is 0 Å². The fourth-order valence-corrected chi connectivity index (χ4v) is 2.18. The lowest BCUT2D eigenvalue weighted by Gasteiger charge is -2.22. The van der Waals surface area contributed by atoms with E-state index in [1.807, 2.05) is 24.3 Å². The van der Waals surface area contributed by atoms with Crippen molar-refractivity contribution in [1.82, 2.24) is 5.32 Å². The monoisotopic (exact) mass is 269 g/mol. The molecule has 2 unspecified atom stereocenters. The quantitative estimate of drug-likeness (QED) is 0.322. The zero-order valence-corrected chi connectivity index (χ0v) is 11.5. The molecule has 5 heteroatoms. The van der Waals surface area contributed by atoms with Gasteiger partial charge in [0.05, 0.1) is 0 Å². The van der Waals surface area contributed by atoms with Gasteiger partial charge in [0.1, 0.15) is 5.84 Å². The van der Waals surface area contributed by atoms with Crippen LogP contribution >= 0.6 is 11.6 Å². The largest absolute Gasteiger partial charge is 0.409 e. The van der Waals surface area contributed by atoms with Crippen LogP contribution < -0.4 is 11.1 Å². The Balaban J connectivity index is 2.68. The van der Waals surface area contributed by atoms with Crippen LogP contribution in [0, 0.1) is 0 Å². The summed E-state index contributed by atoms with van der Waals surface area (Å²) in [6, 6.07) is 8.02. The Bertz CT molecular complexity index is 409. The average molecular weight is 270 g/mol. The number of oxime groups is 1. The molecule has 0 aliphatic rings. The minimum atomic E-state index is 0.121. The van der Waals surface area contributed by atoms with Crippen LogP contribution in [0.2, 0.25) is 5.02 Å². The highest BCUT2D eigenvalue weighted by molar-refractivity contribution is 6.31. The van der Waals surface area contributed by atoms with Crippen LogP contribution in [0.4, 0.5) is 0 Å². The van der Waals surface area contributed by atoms with Gasteiger partial charge in [0.25, 0.3) is 0 Å². The third-order valence-corrected chi connectivity index (χ3v) is 3.28. The van der Waals surface area contributed by atoms with E-state index < -0.39 is 0 Å². The summed E-state index contributed by atoms with van der Waals surface area (Å²) in [7, 11) is 0. The van der Waals surface area contributed by atoms with Crippen molar-refractivity contribution in [2.45, 2.75) is 38.8 Å². The number of rotatable bonds is 6. The van der Waals surface area contributed by atoms with Gasteiger partial charge >= 0.3 is 0 Å². The number of hydrogen-bond acceptors (Lipinski definition) is 3. The summed E-state index contributed by atoms with van der Waals surface area (Å²) < 4.78 is 0. The molecule has 0 saturated carbocycles. The first kappa shape index (κ1) is 14.8. The molecule has 1 rings (SSSR count). The number of hydrogen-bond donors (Lipinski definition) is 3. The molecule has 0 bridgehead atoms. The van der Waals surface area contributed by atoms with Crippen LogP contribution in [0.1, 0.15) is 38.3 Å². The van der Waals surface area contributed by atoms with Gasteiger partial charge in [-0.1, -0.05) is 41.9 Å². The molecular formula is C13H20ClN3O. The van der Waals surface area contributed by atoms with E-state index >= 15 is 0 Å². The van der Waals surface area contributed by atoms with Crippen molar-refractivity contribution in [1.29, 1.82) is 0 Å². The van der Waals surface area contributed by atoms with Gasteiger partial charge < -0.3 is 16.3 Å². The molecule has 0 aliphatic carbocycles. The van der Waals surface area contributed by atoms with E-state index in [4.69, 9.17) is 22.5 Å². The molecule has 2 atom stereocenters. The van der Waals surface area contributed by atoms with Crippen LogP contribution in [0.3, 0.4) is 0 Å². The first-order valence-electron chi connectivity index (χ1n) is 6.05. The van der Waals surface area contributed by atoms with Gasteiger partial charge in [0.15, 0.2) is 0 Å². The molecule has 0 heterocycles. The van der Waals surface area contributed by atoms with E-state index in [1.165, 1.54) is 0 Å². The standard InChI is InChI=1S/C13H20ClN3O/c1-3-10(8-13(15)17-18)16-9(2)11-6-4-5-7-12(11)14/h4-7,9-10,16,18H,3,8H2,1-2H3,(H2,15,17). The fourth-order valence-electron chi connectivity index (χ4n) is 1.88. The van der Waals surface area contributed by atoms with Crippen molar-refractivity contribution in [2.24, 2.45) is 10.9 Å². The zero-order chi connectivity index (χ0) is 13.5. The molecular weight excluding hydrogens is 250 g/mol. The molecule has 0 saturated heterocycles. The second-order valence-corrected chi connectivity index (χ2v) is 4.72. The van der Waals surface area contributed by atoms with Gasteiger partial charge in [-0.3, -0.25) is 0 Å². The molecule has 0 radical (unpaired) electrons. The van der Waals surface area contributed by atoms with E-state index in [2.05, 4.69) is 24.3 Å². The number of nitrogens with two attached hydrogens (primary N) is 1. The highest BCUT2D eigenvalue weighted by Gasteiger charge is 2.15. The fraction of sp³-hybridized carbons (Fsp3) is 0.462. The van der Waals surface area contributed by atoms with Crippen molar-refractivity contribution < 1.29 is 5.21 Å². The minimum absolute atomic E-state index is 0.121. The number of amidine groups is 1. The Labute approximate surface area is 113 Å². The molecule has 0 amide bonds. The normalized spacial score (nSPS) is 15.4. The van der Waals surface area contributed by atoms with Crippen LogP contribution in [-0.2, 0) is 0 Å². The highest BCUT2D eigenvalue weighted by Crippen LogP contribution is 2.23. The minimum Gasteiger partial charge on any atom is -0.409 e. The van der Waals surface area contributed by atoms with E-state index in [-0.39, 0.29) is 17.9 Å². The molecule has 0 aromatic heterocycles. The predicted molar refractivity (Wildman–Crippen MR) is 75.1 cm³/mol. The lowest BCUT2D eigenvalue weighted by atomic mass is 10.0. The van der Waals surface area contributed by atoms with E-state index in [9.17, 15) is 0 Å². The second kappa shape index (κ2) is 7.24. The summed E-state index contributed by atoms with van der Waals surface area (Å²) in [6.45, 7) is 4.11. The average Bonchev–Trinajstić information content (AvgIpc) is 2.38. The number of nitrogens with zero attached hydrogens (tertiary/aromatic N) is 1. The van der Waals surface area contributed by atoms with Crippen LogP contribution in [-0.4, -0.2) is 17.1 Å². The lowest BCUT2D eigenvalue weighted by Crippen LogP contribution is -2.35. The van der Waals surface area contributed by atoms with E-state index in [0.29, 0.717) is 6.42 Å². The Morgan fingerprint density at radius 2 is 2.17 bits per heavy atom. The van der Waals surface area contributed by atoms with Crippen molar-refractivity contribution in [3.8, 4) is 0 Å². The van der Waals surface area contributed by atoms with Gasteiger partial charge in [-0.2, -0.15) is 0 Å². The van der Waals surface area contributed by atoms with Crippen molar-refractivity contribution in [2.75, 3.05) is 0 Å². The predicted octanol–water partition coefficient (Wildman–Crippen LogP) is 2.91. The molecule has 1 aromatic carbocycles. The van der Waals surface area contributed by atoms with Crippen molar-refractivity contribution >= 4 is 17.4 Å². The number of nitrogens with one attached hydrogen (secondary N) is 1. The van der Waals surface area contributed by atoms with Crippen LogP contribution in [0.5, 0.6) is 0 Å². The Kier molecular flexibility index (Phi) is 5.95. The third-order valence-electron chi connectivity index (χ3n) is 2.93. The smallest absolute Gasteiger partial charge is 0.140 e. The molecule has 0 fully saturated rings. The molecule has 18 heavy (non-hydrogen) atoms. The molecule has 1 aromatic rings. The summed E-state index contributed by atoms with van der Waals surface area (Å²) >= 11 is 6.15. The Hall–Kier alpha value is -1.26. The van der Waals surface area contributed by atoms with Gasteiger partial charge in [-0.15, -0.1) is 0 Å². The maximum Gasteiger partial charge on any atom is 0.140 e. The molecule has 100 valence electrons. The molecule has 0 aliphatic heterocycles. The summed E-state index contributed by atoms with van der Waals surface area (Å²) in [6.07, 6.45) is 1.41. The van der Waals surface area contributed by atoms with E-state index in [0.717, 1.165) is 17.0 Å². The summed E-state index contributed by atoms with van der Waals surface area (Å²) in [4.78, 5) is 0. The SMILES string of the molecule is CCC(CC(N)=NO)NC(C)c1ccccc1Cl. The first-order chi connectivity index (χ1) is 8.58. The number of benzene rings is 1. The lowest BCUT2D eigenvalue weighted by molar-refractivity contribution is 0.315. The second-order valence-electron chi connectivity index (χ2n) is 4.31. The van der Waals surface area contributed by atoms with Gasteiger partial charge in [-0.05, 0) is 25.0 Å². The van der Waals surface area contributed by atoms with Crippen molar-refractivity contribution in [3.63, 3.8) is 0 Å². The highest BCUT2D eigenvalue weighted by atomic mass is 35.5. The zero-order valence-electron chi connectivity index (χ0n) is 10.7.